The van der Waals surface area contributed by atoms with Gasteiger partial charge in [-0.2, -0.15) is 0 Å². The largest absolute Gasteiger partial charge is 0.311 e. The third-order valence-corrected chi connectivity index (χ3v) is 18.2. The lowest BCUT2D eigenvalue weighted by Crippen LogP contribution is -2.61. The first kappa shape index (κ1) is 49.9. The van der Waals surface area contributed by atoms with Gasteiger partial charge in [0, 0.05) is 50.3 Å². The molecule has 0 atom stereocenters. The lowest BCUT2D eigenvalue weighted by molar-refractivity contribution is 0.590. The molecule has 0 fully saturated rings. The molecule has 0 saturated heterocycles. The molecule has 400 valence electrons. The van der Waals surface area contributed by atoms with Crippen molar-refractivity contribution in [1.82, 2.24) is 4.57 Å². The van der Waals surface area contributed by atoms with E-state index in [1.165, 1.54) is 133 Å². The van der Waals surface area contributed by atoms with Gasteiger partial charge in [-0.15, -0.1) is 0 Å². The van der Waals surface area contributed by atoms with E-state index in [0.717, 1.165) is 22.7 Å². The average molecular weight is 1080 g/mol. The molecule has 0 aliphatic carbocycles. The van der Waals surface area contributed by atoms with Crippen molar-refractivity contribution < 1.29 is 0 Å². The predicted octanol–water partition coefficient (Wildman–Crippen LogP) is 19.8. The Hall–Kier alpha value is -9.90. The zero-order valence-electron chi connectivity index (χ0n) is 48.3. The van der Waals surface area contributed by atoms with Crippen molar-refractivity contribution in [2.24, 2.45) is 0 Å². The fourth-order valence-electron chi connectivity index (χ4n) is 14.0. The van der Waals surface area contributed by atoms with Crippen LogP contribution in [-0.2, 0) is 10.8 Å². The van der Waals surface area contributed by atoms with Gasteiger partial charge in [-0.25, -0.2) is 0 Å². The third-order valence-electron chi connectivity index (χ3n) is 18.2. The Bertz CT molecular complexity index is 4720. The van der Waals surface area contributed by atoms with E-state index in [-0.39, 0.29) is 17.5 Å². The van der Waals surface area contributed by atoms with Gasteiger partial charge in [0.2, 0.25) is 0 Å². The van der Waals surface area contributed by atoms with Crippen LogP contribution in [-0.4, -0.2) is 11.3 Å². The van der Waals surface area contributed by atoms with Crippen LogP contribution < -0.4 is 26.2 Å². The van der Waals surface area contributed by atoms with Crippen LogP contribution in [0.15, 0.2) is 267 Å². The molecule has 0 amide bonds. The molecule has 84 heavy (non-hydrogen) atoms. The highest BCUT2D eigenvalue weighted by atomic mass is 15.2. The summed E-state index contributed by atoms with van der Waals surface area (Å²) in [6, 6.07) is 101. The molecule has 0 radical (unpaired) electrons. The maximum Gasteiger partial charge on any atom is 0.252 e. The van der Waals surface area contributed by atoms with Crippen molar-refractivity contribution in [2.45, 2.75) is 52.4 Å². The van der Waals surface area contributed by atoms with Crippen LogP contribution in [0.25, 0.3) is 94.3 Å². The van der Waals surface area contributed by atoms with Crippen LogP contribution in [0.1, 0.15) is 52.7 Å². The highest BCUT2D eigenvalue weighted by Gasteiger charge is 2.46. The van der Waals surface area contributed by atoms with Crippen LogP contribution in [0.4, 0.5) is 34.1 Å². The lowest BCUT2D eigenvalue weighted by Gasteiger charge is -2.45. The van der Waals surface area contributed by atoms with Gasteiger partial charge >= 0.3 is 0 Å². The maximum absolute atomic E-state index is 2.67. The van der Waals surface area contributed by atoms with E-state index in [2.05, 4.69) is 323 Å². The zero-order chi connectivity index (χ0) is 56.6. The molecule has 4 heteroatoms. The van der Waals surface area contributed by atoms with Gasteiger partial charge in [0.25, 0.3) is 6.71 Å². The van der Waals surface area contributed by atoms with E-state index in [1.54, 1.807) is 0 Å². The summed E-state index contributed by atoms with van der Waals surface area (Å²) in [7, 11) is 0. The van der Waals surface area contributed by atoms with Crippen LogP contribution in [0.3, 0.4) is 0 Å². The summed E-state index contributed by atoms with van der Waals surface area (Å²) >= 11 is 0. The zero-order valence-corrected chi connectivity index (χ0v) is 48.3. The van der Waals surface area contributed by atoms with Crippen molar-refractivity contribution in [1.29, 1.82) is 0 Å². The van der Waals surface area contributed by atoms with Crippen molar-refractivity contribution in [3.63, 3.8) is 0 Å². The highest BCUT2D eigenvalue weighted by molar-refractivity contribution is 7.00. The average Bonchev–Trinajstić information content (AvgIpc) is 1.22. The minimum absolute atomic E-state index is 0.0420. The molecule has 3 nitrogen and oxygen atoms in total. The number of hydrogen-bond acceptors (Lipinski definition) is 2. The van der Waals surface area contributed by atoms with Gasteiger partial charge in [-0.1, -0.05) is 236 Å². The lowest BCUT2D eigenvalue weighted by atomic mass is 9.33. The first-order valence-corrected chi connectivity index (χ1v) is 29.7. The summed E-state index contributed by atoms with van der Waals surface area (Å²) in [6.07, 6.45) is 0. The monoisotopic (exact) mass is 1080 g/mol. The van der Waals surface area contributed by atoms with E-state index < -0.39 is 0 Å². The Labute approximate surface area is 493 Å². The van der Waals surface area contributed by atoms with Crippen LogP contribution >= 0.6 is 0 Å². The molecule has 0 saturated carbocycles. The molecule has 3 aliphatic heterocycles. The van der Waals surface area contributed by atoms with Gasteiger partial charge in [-0.05, 0) is 167 Å². The maximum atomic E-state index is 2.67. The summed E-state index contributed by atoms with van der Waals surface area (Å²) in [5.41, 5.74) is 31.2. The molecule has 1 aromatic heterocycles. The summed E-state index contributed by atoms with van der Waals surface area (Å²) in [5.74, 6) is 0. The summed E-state index contributed by atoms with van der Waals surface area (Å²) in [6.45, 7) is 13.8. The second-order valence-electron chi connectivity index (χ2n) is 25.3. The molecule has 4 heterocycles. The van der Waals surface area contributed by atoms with Crippen molar-refractivity contribution in [3.05, 3.63) is 278 Å². The molecule has 12 aromatic carbocycles. The second kappa shape index (κ2) is 18.8. The topological polar surface area (TPSA) is 11.4 Å². The van der Waals surface area contributed by atoms with Gasteiger partial charge in [-0.3, -0.25) is 0 Å². The van der Waals surface area contributed by atoms with E-state index in [9.17, 15) is 0 Å². The fraction of sp³-hybridized carbons (Fsp3) is 0.100. The van der Waals surface area contributed by atoms with Crippen LogP contribution in [0.2, 0.25) is 0 Å². The molecule has 16 rings (SSSR count). The van der Waals surface area contributed by atoms with Gasteiger partial charge in [0.1, 0.15) is 0 Å². The second-order valence-corrected chi connectivity index (χ2v) is 25.3. The minimum Gasteiger partial charge on any atom is -0.311 e. The SMILES string of the molecule is CC(C)(C)c1ccc2c(c1)c1cc(C(C)(C)C)ccc1n2-c1cc2c3c(c1)N1c4ccc(-c5ccccc5)cc4-c4ccccc4-c4cc(-c5ccccc5)cc(c41)B3c1ccc(-c3ccccc3)cc1N2c1cccc(-c2ccccc2)c1. The number of hydrogen-bond donors (Lipinski definition) is 0. The summed E-state index contributed by atoms with van der Waals surface area (Å²) in [4.78, 5) is 5.28. The standard InChI is InChI=1S/C80H62BN3/c1-79(2,3)59-36-40-71-66(47-59)67-48-60(80(4,5)6)37-41-72(67)83(71)62-49-75-77-76(50-62)84-73-39-35-56(52-24-13-8-14-25-52)43-65(73)63-32-19-20-33-64(63)68-44-58(54-28-17-10-18-29-54)45-70(78(68)84)81(77)69-38-34-57(53-26-15-9-16-27-53)46-74(69)82(75)61-31-21-30-55(42-61)51-22-11-7-12-23-51/h7-50H,1-6H3. The molecule has 0 N–H and O–H groups in total. The molecule has 0 spiro atoms. The summed E-state index contributed by atoms with van der Waals surface area (Å²) < 4.78 is 2.57. The normalized spacial score (nSPS) is 13.0. The van der Waals surface area contributed by atoms with Gasteiger partial charge in [0.15, 0.2) is 0 Å². The Morgan fingerprint density at radius 2 is 0.762 bits per heavy atom. The number of anilines is 6. The molecule has 0 unspecified atom stereocenters. The Balaban J connectivity index is 1.08. The van der Waals surface area contributed by atoms with E-state index in [4.69, 9.17) is 0 Å². The van der Waals surface area contributed by atoms with E-state index in [1.807, 2.05) is 0 Å². The van der Waals surface area contributed by atoms with Crippen molar-refractivity contribution >= 4 is 79.0 Å². The summed E-state index contributed by atoms with van der Waals surface area (Å²) in [5, 5.41) is 2.53. The predicted molar refractivity (Wildman–Crippen MR) is 358 cm³/mol. The molecular weight excluding hydrogens is 1010 g/mol. The Morgan fingerprint density at radius 1 is 0.286 bits per heavy atom. The third kappa shape index (κ3) is 7.88. The van der Waals surface area contributed by atoms with Crippen molar-refractivity contribution in [3.8, 4) is 72.4 Å². The van der Waals surface area contributed by atoms with E-state index >= 15 is 0 Å². The number of nitrogens with zero attached hydrogens (tertiary/aromatic N) is 3. The Morgan fingerprint density at radius 3 is 1.33 bits per heavy atom. The molecule has 13 aromatic rings. The first-order valence-electron chi connectivity index (χ1n) is 29.7. The number of aromatic nitrogens is 1. The fourth-order valence-corrected chi connectivity index (χ4v) is 14.0. The van der Waals surface area contributed by atoms with Crippen molar-refractivity contribution in [2.75, 3.05) is 9.80 Å². The number of fused-ring (bicyclic) bond motifs is 12. The highest BCUT2D eigenvalue weighted by Crippen LogP contribution is 2.55. The van der Waals surface area contributed by atoms with Crippen LogP contribution in [0.5, 0.6) is 0 Å². The first-order chi connectivity index (χ1) is 40.9. The number of benzene rings is 12. The molecular formula is C80H62BN3. The van der Waals surface area contributed by atoms with E-state index in [0.29, 0.717) is 0 Å². The van der Waals surface area contributed by atoms with Gasteiger partial charge < -0.3 is 14.4 Å². The minimum atomic E-state index is -0.148. The Kier molecular flexibility index (Phi) is 11.2. The number of rotatable bonds is 6. The van der Waals surface area contributed by atoms with Crippen LogP contribution in [0, 0.1) is 0 Å². The quantitative estimate of drug-likeness (QED) is 0.154. The molecule has 3 aliphatic rings. The van der Waals surface area contributed by atoms with Gasteiger partial charge in [0.05, 0.1) is 22.4 Å². The smallest absolute Gasteiger partial charge is 0.252 e. The molecule has 0 bridgehead atoms.